The fourth-order valence-corrected chi connectivity index (χ4v) is 3.54. The zero-order valence-electron chi connectivity index (χ0n) is 11.6. The minimum Gasteiger partial charge on any atom is -0.342 e. The average Bonchev–Trinajstić information content (AvgIpc) is 2.63. The molecule has 1 saturated heterocycles. The normalized spacial score (nSPS) is 36.3. The van der Waals surface area contributed by atoms with Gasteiger partial charge in [-0.3, -0.25) is 4.79 Å². The lowest BCUT2D eigenvalue weighted by molar-refractivity contribution is -0.135. The Balaban J connectivity index is 0.00000162. The van der Waals surface area contributed by atoms with Crippen molar-refractivity contribution < 1.29 is 4.79 Å². The molecule has 2 N–H and O–H groups in total. The molecule has 106 valence electrons. The monoisotopic (exact) mass is 274 g/mol. The fraction of sp³-hybridized carbons (Fsp3) is 0.929. The first-order valence-corrected chi connectivity index (χ1v) is 7.09. The SMILES string of the molecule is CC1CC(C)CN(C(=O)C[C@@H]2CCC[C@H]2N)C1.Cl. The zero-order valence-corrected chi connectivity index (χ0v) is 12.4. The van der Waals surface area contributed by atoms with E-state index in [1.807, 2.05) is 0 Å². The second-order valence-electron chi connectivity index (χ2n) is 6.30. The summed E-state index contributed by atoms with van der Waals surface area (Å²) in [7, 11) is 0. The Bertz CT molecular complexity index is 275. The minimum absolute atomic E-state index is 0. The molecule has 2 aliphatic rings. The molecule has 0 spiro atoms. The van der Waals surface area contributed by atoms with Gasteiger partial charge in [0.15, 0.2) is 0 Å². The predicted octanol–water partition coefficient (Wildman–Crippen LogP) is 2.43. The topological polar surface area (TPSA) is 46.3 Å². The molecule has 4 heteroatoms. The first kappa shape index (κ1) is 15.8. The summed E-state index contributed by atoms with van der Waals surface area (Å²) in [6.07, 6.45) is 5.38. The first-order chi connectivity index (χ1) is 8.06. The van der Waals surface area contributed by atoms with Crippen molar-refractivity contribution in [1.29, 1.82) is 0 Å². The molecule has 2 unspecified atom stereocenters. The van der Waals surface area contributed by atoms with E-state index in [0.717, 1.165) is 25.9 Å². The molecular formula is C14H27ClN2O. The van der Waals surface area contributed by atoms with Crippen LogP contribution < -0.4 is 5.73 Å². The van der Waals surface area contributed by atoms with Gasteiger partial charge in [0.05, 0.1) is 0 Å². The van der Waals surface area contributed by atoms with Gasteiger partial charge in [0, 0.05) is 25.6 Å². The third kappa shape index (κ3) is 3.86. The lowest BCUT2D eigenvalue weighted by Crippen LogP contribution is -2.43. The van der Waals surface area contributed by atoms with Crippen molar-refractivity contribution in [3.63, 3.8) is 0 Å². The molecule has 1 saturated carbocycles. The van der Waals surface area contributed by atoms with Gasteiger partial charge >= 0.3 is 0 Å². The smallest absolute Gasteiger partial charge is 0.222 e. The van der Waals surface area contributed by atoms with Crippen molar-refractivity contribution >= 4 is 18.3 Å². The standard InChI is InChI=1S/C14H26N2O.ClH/c1-10-6-11(2)9-16(8-10)14(17)7-12-4-3-5-13(12)15;/h10-13H,3-9,15H2,1-2H3;1H/t10?,11?,12-,13+;/m0./s1. The maximum atomic E-state index is 12.3. The van der Waals surface area contributed by atoms with E-state index in [-0.39, 0.29) is 18.4 Å². The molecule has 0 bridgehead atoms. The highest BCUT2D eigenvalue weighted by Gasteiger charge is 2.30. The highest BCUT2D eigenvalue weighted by Crippen LogP contribution is 2.29. The quantitative estimate of drug-likeness (QED) is 0.841. The average molecular weight is 275 g/mol. The van der Waals surface area contributed by atoms with Crippen LogP contribution in [0.3, 0.4) is 0 Å². The van der Waals surface area contributed by atoms with Crippen molar-refractivity contribution in [3.05, 3.63) is 0 Å². The summed E-state index contributed by atoms with van der Waals surface area (Å²) >= 11 is 0. The van der Waals surface area contributed by atoms with Crippen molar-refractivity contribution in [2.24, 2.45) is 23.5 Å². The highest BCUT2D eigenvalue weighted by atomic mass is 35.5. The maximum absolute atomic E-state index is 12.3. The Labute approximate surface area is 117 Å². The van der Waals surface area contributed by atoms with Gasteiger partial charge in [0.1, 0.15) is 0 Å². The van der Waals surface area contributed by atoms with E-state index in [1.54, 1.807) is 0 Å². The van der Waals surface area contributed by atoms with Crippen LogP contribution in [0.2, 0.25) is 0 Å². The molecule has 0 aromatic carbocycles. The van der Waals surface area contributed by atoms with E-state index in [1.165, 1.54) is 12.8 Å². The summed E-state index contributed by atoms with van der Waals surface area (Å²) in [6.45, 7) is 6.39. The number of halogens is 1. The van der Waals surface area contributed by atoms with Crippen molar-refractivity contribution in [2.45, 2.75) is 52.0 Å². The van der Waals surface area contributed by atoms with Crippen LogP contribution in [-0.4, -0.2) is 29.9 Å². The van der Waals surface area contributed by atoms with Crippen molar-refractivity contribution in [3.8, 4) is 0 Å². The Kier molecular flexibility index (Phi) is 5.93. The summed E-state index contributed by atoms with van der Waals surface area (Å²) in [5.41, 5.74) is 6.04. The molecule has 0 aromatic rings. The minimum atomic E-state index is 0. The summed E-state index contributed by atoms with van der Waals surface area (Å²) in [5.74, 6) is 2.08. The van der Waals surface area contributed by atoms with Crippen LogP contribution >= 0.6 is 12.4 Å². The molecule has 1 amide bonds. The Morgan fingerprint density at radius 3 is 2.33 bits per heavy atom. The van der Waals surface area contributed by atoms with Gasteiger partial charge in [-0.1, -0.05) is 20.3 Å². The van der Waals surface area contributed by atoms with Gasteiger partial charge in [-0.15, -0.1) is 12.4 Å². The molecule has 18 heavy (non-hydrogen) atoms. The van der Waals surface area contributed by atoms with Crippen LogP contribution in [-0.2, 0) is 4.79 Å². The van der Waals surface area contributed by atoms with Gasteiger partial charge in [-0.25, -0.2) is 0 Å². The Morgan fingerprint density at radius 2 is 1.83 bits per heavy atom. The van der Waals surface area contributed by atoms with Crippen LogP contribution in [0.25, 0.3) is 0 Å². The van der Waals surface area contributed by atoms with Crippen LogP contribution in [0.4, 0.5) is 0 Å². The molecule has 1 aliphatic carbocycles. The fourth-order valence-electron chi connectivity index (χ4n) is 3.54. The number of nitrogens with two attached hydrogens (primary N) is 1. The van der Waals surface area contributed by atoms with Gasteiger partial charge < -0.3 is 10.6 Å². The molecule has 4 atom stereocenters. The third-order valence-electron chi connectivity index (χ3n) is 4.38. The number of piperidine rings is 1. The molecule has 1 heterocycles. The van der Waals surface area contributed by atoms with Gasteiger partial charge in [0.25, 0.3) is 0 Å². The van der Waals surface area contributed by atoms with Crippen LogP contribution in [0.15, 0.2) is 0 Å². The number of nitrogens with zero attached hydrogens (tertiary/aromatic N) is 1. The summed E-state index contributed by atoms with van der Waals surface area (Å²) < 4.78 is 0. The maximum Gasteiger partial charge on any atom is 0.222 e. The predicted molar refractivity (Wildman–Crippen MR) is 76.7 cm³/mol. The highest BCUT2D eigenvalue weighted by molar-refractivity contribution is 5.85. The van der Waals surface area contributed by atoms with Gasteiger partial charge in [0.2, 0.25) is 5.91 Å². The third-order valence-corrected chi connectivity index (χ3v) is 4.38. The molecule has 0 aromatic heterocycles. The molecule has 0 radical (unpaired) electrons. The van der Waals surface area contributed by atoms with Gasteiger partial charge in [-0.2, -0.15) is 0 Å². The molecule has 1 aliphatic heterocycles. The molecule has 2 fully saturated rings. The number of rotatable bonds is 2. The number of amides is 1. The number of hydrogen-bond acceptors (Lipinski definition) is 2. The summed E-state index contributed by atoms with van der Waals surface area (Å²) in [6, 6.07) is 0.263. The van der Waals surface area contributed by atoms with E-state index in [0.29, 0.717) is 30.1 Å². The molecular weight excluding hydrogens is 248 g/mol. The number of carbonyl (C=O) groups excluding carboxylic acids is 1. The summed E-state index contributed by atoms with van der Waals surface area (Å²) in [4.78, 5) is 14.3. The summed E-state index contributed by atoms with van der Waals surface area (Å²) in [5, 5.41) is 0. The Hall–Kier alpha value is -0.280. The van der Waals surface area contributed by atoms with E-state index in [9.17, 15) is 4.79 Å². The second-order valence-corrected chi connectivity index (χ2v) is 6.30. The van der Waals surface area contributed by atoms with E-state index in [4.69, 9.17) is 5.73 Å². The number of likely N-dealkylation sites (tertiary alicyclic amines) is 1. The number of carbonyl (C=O) groups is 1. The lowest BCUT2D eigenvalue weighted by atomic mass is 9.91. The van der Waals surface area contributed by atoms with Crippen molar-refractivity contribution in [1.82, 2.24) is 4.90 Å². The Morgan fingerprint density at radius 1 is 1.22 bits per heavy atom. The van der Waals surface area contributed by atoms with Gasteiger partial charge in [-0.05, 0) is 37.0 Å². The van der Waals surface area contributed by atoms with E-state index < -0.39 is 0 Å². The largest absolute Gasteiger partial charge is 0.342 e. The van der Waals surface area contributed by atoms with Crippen LogP contribution in [0, 0.1) is 17.8 Å². The lowest BCUT2D eigenvalue weighted by Gasteiger charge is -2.35. The van der Waals surface area contributed by atoms with Crippen molar-refractivity contribution in [2.75, 3.05) is 13.1 Å². The van der Waals surface area contributed by atoms with Crippen LogP contribution in [0.1, 0.15) is 46.0 Å². The first-order valence-electron chi connectivity index (χ1n) is 7.09. The zero-order chi connectivity index (χ0) is 12.4. The molecule has 3 nitrogen and oxygen atoms in total. The second kappa shape index (κ2) is 6.76. The van der Waals surface area contributed by atoms with E-state index in [2.05, 4.69) is 18.7 Å². The molecule has 2 rings (SSSR count). The van der Waals surface area contributed by atoms with Crippen LogP contribution in [0.5, 0.6) is 0 Å². The number of hydrogen-bond donors (Lipinski definition) is 1. The van der Waals surface area contributed by atoms with E-state index >= 15 is 0 Å².